The van der Waals surface area contributed by atoms with Gasteiger partial charge in [-0.1, -0.05) is 6.92 Å². The van der Waals surface area contributed by atoms with Crippen molar-refractivity contribution in [2.24, 2.45) is 0 Å². The molecule has 0 aliphatic heterocycles. The fourth-order valence-electron chi connectivity index (χ4n) is 0.778. The largest absolute Gasteiger partial charge is 0.337 e. The maximum absolute atomic E-state index is 11.4. The van der Waals surface area contributed by atoms with Crippen LogP contribution in [-0.2, 0) is 18.4 Å². The molecule has 72 valence electrons. The average molecular weight is 194 g/mol. The van der Waals surface area contributed by atoms with E-state index in [0.29, 0.717) is 6.42 Å². The second kappa shape index (κ2) is 5.46. The van der Waals surface area contributed by atoms with Crippen LogP contribution in [0.4, 0.5) is 0 Å². The fraction of sp³-hybridized carbons (Fsp3) is 0.857. The summed E-state index contributed by atoms with van der Waals surface area (Å²) in [5.74, 6) is -0.0791. The Kier molecular flexibility index (Phi) is 5.38. The van der Waals surface area contributed by atoms with E-state index in [1.165, 1.54) is 14.2 Å². The Morgan fingerprint density at radius 2 is 1.83 bits per heavy atom. The normalized spacial score (nSPS) is 11.6. The third-order valence-electron chi connectivity index (χ3n) is 1.46. The van der Waals surface area contributed by atoms with E-state index in [1.54, 1.807) is 0 Å². The van der Waals surface area contributed by atoms with Gasteiger partial charge >= 0.3 is 7.60 Å². The first-order chi connectivity index (χ1) is 5.58. The Hall–Kier alpha value is -0.180. The van der Waals surface area contributed by atoms with E-state index >= 15 is 0 Å². The maximum Gasteiger partial charge on any atom is 0.337 e. The zero-order valence-corrected chi connectivity index (χ0v) is 8.60. The summed E-state index contributed by atoms with van der Waals surface area (Å²) in [5, 5.41) is 0. The number of Topliss-reactive ketones (excluding diaryl/α,β-unsaturated/α-hetero) is 1. The molecule has 0 N–H and O–H groups in total. The summed E-state index contributed by atoms with van der Waals surface area (Å²) < 4.78 is 20.6. The molecule has 0 aromatic heterocycles. The van der Waals surface area contributed by atoms with Gasteiger partial charge in [-0.15, -0.1) is 0 Å². The van der Waals surface area contributed by atoms with Crippen molar-refractivity contribution < 1.29 is 18.4 Å². The first-order valence-corrected chi connectivity index (χ1v) is 5.53. The van der Waals surface area contributed by atoms with Crippen molar-refractivity contribution in [2.75, 3.05) is 20.4 Å². The zero-order valence-electron chi connectivity index (χ0n) is 7.70. The molecule has 0 saturated heterocycles. The second-order valence-corrected chi connectivity index (χ2v) is 4.69. The molecule has 0 spiro atoms. The number of rotatable bonds is 6. The minimum absolute atomic E-state index is 0.0791. The number of ketones is 1. The molecule has 12 heavy (non-hydrogen) atoms. The van der Waals surface area contributed by atoms with Crippen molar-refractivity contribution in [3.05, 3.63) is 0 Å². The van der Waals surface area contributed by atoms with Gasteiger partial charge in [0, 0.05) is 20.6 Å². The van der Waals surface area contributed by atoms with Gasteiger partial charge < -0.3 is 9.05 Å². The standard InChI is InChI=1S/C7H15O4P/c1-4-5-7(8)6-12(9,10-2)11-3/h4-6H2,1-3H3. The van der Waals surface area contributed by atoms with Gasteiger partial charge in [0.25, 0.3) is 0 Å². The van der Waals surface area contributed by atoms with Crippen molar-refractivity contribution in [2.45, 2.75) is 19.8 Å². The minimum atomic E-state index is -3.12. The van der Waals surface area contributed by atoms with E-state index in [2.05, 4.69) is 9.05 Å². The Bertz CT molecular complexity index is 182. The lowest BCUT2D eigenvalue weighted by Gasteiger charge is -2.11. The molecule has 0 amide bonds. The van der Waals surface area contributed by atoms with Gasteiger partial charge in [0.05, 0.1) is 0 Å². The summed E-state index contributed by atoms with van der Waals surface area (Å²) in [5.41, 5.74) is 0. The average Bonchev–Trinajstić information content (AvgIpc) is 2.05. The third-order valence-corrected chi connectivity index (χ3v) is 3.31. The number of carbonyl (C=O) groups is 1. The Balaban J connectivity index is 4.03. The summed E-state index contributed by atoms with van der Waals surface area (Å²) >= 11 is 0. The van der Waals surface area contributed by atoms with E-state index in [-0.39, 0.29) is 11.9 Å². The topological polar surface area (TPSA) is 52.6 Å². The van der Waals surface area contributed by atoms with Crippen LogP contribution in [0.15, 0.2) is 0 Å². The summed E-state index contributed by atoms with van der Waals surface area (Å²) in [4.78, 5) is 11.0. The Labute approximate surface area is 72.8 Å². The van der Waals surface area contributed by atoms with Crippen LogP contribution in [0.1, 0.15) is 19.8 Å². The molecule has 0 aliphatic rings. The molecule has 0 aromatic rings. The summed E-state index contributed by atoms with van der Waals surface area (Å²) in [6.45, 7) is 1.89. The molecule has 0 aliphatic carbocycles. The fourth-order valence-corrected chi connectivity index (χ4v) is 1.77. The first-order valence-electron chi connectivity index (χ1n) is 3.80. The highest BCUT2D eigenvalue weighted by Crippen LogP contribution is 2.46. The van der Waals surface area contributed by atoms with Crippen LogP contribution in [-0.4, -0.2) is 26.2 Å². The minimum Gasteiger partial charge on any atom is -0.312 e. The summed E-state index contributed by atoms with van der Waals surface area (Å²) in [6.07, 6.45) is 1.07. The van der Waals surface area contributed by atoms with Gasteiger partial charge in [-0.2, -0.15) is 0 Å². The second-order valence-electron chi connectivity index (χ2n) is 2.42. The smallest absolute Gasteiger partial charge is 0.312 e. The highest BCUT2D eigenvalue weighted by atomic mass is 31.2. The van der Waals surface area contributed by atoms with Crippen LogP contribution in [0, 0.1) is 0 Å². The van der Waals surface area contributed by atoms with E-state index in [9.17, 15) is 9.36 Å². The molecular weight excluding hydrogens is 179 g/mol. The van der Waals surface area contributed by atoms with E-state index in [1.807, 2.05) is 6.92 Å². The number of carbonyl (C=O) groups excluding carboxylic acids is 1. The molecule has 0 heterocycles. The molecule has 0 aromatic carbocycles. The van der Waals surface area contributed by atoms with Gasteiger partial charge in [0.15, 0.2) is 0 Å². The van der Waals surface area contributed by atoms with Gasteiger partial charge in [0.2, 0.25) is 0 Å². The quantitative estimate of drug-likeness (QED) is 0.605. The third kappa shape index (κ3) is 4.00. The summed E-state index contributed by atoms with van der Waals surface area (Å²) in [7, 11) is -0.554. The van der Waals surface area contributed by atoms with Crippen LogP contribution in [0.5, 0.6) is 0 Å². The van der Waals surface area contributed by atoms with Gasteiger partial charge in [0.1, 0.15) is 11.9 Å². The van der Waals surface area contributed by atoms with Crippen LogP contribution < -0.4 is 0 Å². The molecular formula is C7H15O4P. The SMILES string of the molecule is CCCC(=O)CP(=O)(OC)OC. The Morgan fingerprint density at radius 1 is 1.33 bits per heavy atom. The van der Waals surface area contributed by atoms with Gasteiger partial charge in [-0.25, -0.2) is 0 Å². The van der Waals surface area contributed by atoms with Crippen LogP contribution in [0.3, 0.4) is 0 Å². The van der Waals surface area contributed by atoms with E-state index < -0.39 is 7.60 Å². The molecule has 0 bridgehead atoms. The Morgan fingerprint density at radius 3 is 2.17 bits per heavy atom. The van der Waals surface area contributed by atoms with Crippen molar-refractivity contribution in [3.63, 3.8) is 0 Å². The van der Waals surface area contributed by atoms with Crippen molar-refractivity contribution in [3.8, 4) is 0 Å². The van der Waals surface area contributed by atoms with E-state index in [4.69, 9.17) is 0 Å². The molecule has 0 atom stereocenters. The van der Waals surface area contributed by atoms with Crippen LogP contribution >= 0.6 is 7.60 Å². The molecule has 4 nitrogen and oxygen atoms in total. The highest BCUT2D eigenvalue weighted by Gasteiger charge is 2.24. The molecule has 0 saturated carbocycles. The summed E-state index contributed by atoms with van der Waals surface area (Å²) in [6, 6.07) is 0. The maximum atomic E-state index is 11.4. The lowest BCUT2D eigenvalue weighted by atomic mass is 10.3. The predicted octanol–water partition coefficient (Wildman–Crippen LogP) is 1.84. The van der Waals surface area contributed by atoms with Gasteiger partial charge in [-0.05, 0) is 6.42 Å². The first kappa shape index (κ1) is 11.8. The molecule has 0 rings (SSSR count). The van der Waals surface area contributed by atoms with Crippen LogP contribution in [0.25, 0.3) is 0 Å². The van der Waals surface area contributed by atoms with Crippen molar-refractivity contribution in [1.29, 1.82) is 0 Å². The highest BCUT2D eigenvalue weighted by molar-refractivity contribution is 7.54. The molecule has 0 unspecified atom stereocenters. The monoisotopic (exact) mass is 194 g/mol. The molecule has 5 heteroatoms. The van der Waals surface area contributed by atoms with Crippen LogP contribution in [0.2, 0.25) is 0 Å². The lowest BCUT2D eigenvalue weighted by Crippen LogP contribution is -2.06. The molecule has 0 fully saturated rings. The van der Waals surface area contributed by atoms with Crippen molar-refractivity contribution in [1.82, 2.24) is 0 Å². The zero-order chi connectivity index (χ0) is 9.61. The molecule has 0 radical (unpaired) electrons. The van der Waals surface area contributed by atoms with Crippen molar-refractivity contribution >= 4 is 13.4 Å². The predicted molar refractivity (Wildman–Crippen MR) is 46.4 cm³/mol. The lowest BCUT2D eigenvalue weighted by molar-refractivity contribution is -0.116. The van der Waals surface area contributed by atoms with Gasteiger partial charge in [-0.3, -0.25) is 9.36 Å². The number of hydrogen-bond donors (Lipinski definition) is 0. The van der Waals surface area contributed by atoms with E-state index in [0.717, 1.165) is 6.42 Å². The number of hydrogen-bond acceptors (Lipinski definition) is 4.